The Morgan fingerprint density at radius 3 is 1.35 bits per heavy atom. The van der Waals surface area contributed by atoms with Crippen molar-refractivity contribution >= 4 is 23.1 Å². The number of hydrogen-bond acceptors (Lipinski definition) is 6. The van der Waals surface area contributed by atoms with E-state index in [4.69, 9.17) is 0 Å². The van der Waals surface area contributed by atoms with Crippen LogP contribution in [0, 0.1) is 0 Å². The lowest BCUT2D eigenvalue weighted by molar-refractivity contribution is 0.565. The Bertz CT molecular complexity index is 386. The molecule has 0 atom stereocenters. The van der Waals surface area contributed by atoms with Crippen LogP contribution in [0.25, 0.3) is 0 Å². The highest BCUT2D eigenvalue weighted by Crippen LogP contribution is 2.12. The third-order valence-electron chi connectivity index (χ3n) is 3.43. The molecule has 20 heavy (non-hydrogen) atoms. The van der Waals surface area contributed by atoms with Gasteiger partial charge in [-0.25, -0.2) is 0 Å². The third kappa shape index (κ3) is 6.52. The van der Waals surface area contributed by atoms with Crippen molar-refractivity contribution in [3.8, 4) is 0 Å². The highest BCUT2D eigenvalue weighted by atomic mass is 32.1. The first-order chi connectivity index (χ1) is 9.95. The maximum atomic E-state index is 4.06. The summed E-state index contributed by atoms with van der Waals surface area (Å²) in [4.78, 5) is 0. The second-order valence-corrected chi connectivity index (χ2v) is 6.34. The number of hydrogen-bond donors (Lipinski definition) is 0. The SMILES string of the molecule is c1snnc1CCCCCCCCCCc1csnn1. The minimum Gasteiger partial charge on any atom is -0.143 e. The van der Waals surface area contributed by atoms with Gasteiger partial charge >= 0.3 is 0 Å². The lowest BCUT2D eigenvalue weighted by atomic mass is 10.1. The van der Waals surface area contributed by atoms with Crippen LogP contribution < -0.4 is 0 Å². The summed E-state index contributed by atoms with van der Waals surface area (Å²) in [5.41, 5.74) is 2.32. The minimum atomic E-state index is 1.10. The van der Waals surface area contributed by atoms with Crippen molar-refractivity contribution in [2.24, 2.45) is 0 Å². The molecule has 2 aromatic heterocycles. The average Bonchev–Trinajstić information content (AvgIpc) is 3.14. The van der Waals surface area contributed by atoms with Gasteiger partial charge in [-0.3, -0.25) is 0 Å². The normalized spacial score (nSPS) is 11.0. The lowest BCUT2D eigenvalue weighted by Gasteiger charge is -2.01. The maximum absolute atomic E-state index is 4.06. The van der Waals surface area contributed by atoms with Gasteiger partial charge in [0.2, 0.25) is 0 Å². The van der Waals surface area contributed by atoms with E-state index in [1.54, 1.807) is 0 Å². The molecule has 6 heteroatoms. The molecular formula is C14H22N4S2. The molecule has 110 valence electrons. The predicted molar refractivity (Wildman–Crippen MR) is 84.2 cm³/mol. The van der Waals surface area contributed by atoms with Crippen molar-refractivity contribution < 1.29 is 0 Å². The van der Waals surface area contributed by atoms with Crippen LogP contribution in [0.15, 0.2) is 10.8 Å². The molecule has 2 aromatic rings. The maximum Gasteiger partial charge on any atom is 0.0755 e. The summed E-state index contributed by atoms with van der Waals surface area (Å²) < 4.78 is 7.76. The van der Waals surface area contributed by atoms with Crippen LogP contribution in [0.3, 0.4) is 0 Å². The van der Waals surface area contributed by atoms with Gasteiger partial charge in [0.1, 0.15) is 0 Å². The van der Waals surface area contributed by atoms with Crippen LogP contribution in [-0.4, -0.2) is 19.2 Å². The molecular weight excluding hydrogens is 288 g/mol. The Morgan fingerprint density at radius 1 is 0.600 bits per heavy atom. The quantitative estimate of drug-likeness (QED) is 0.581. The summed E-state index contributed by atoms with van der Waals surface area (Å²) in [6.07, 6.45) is 12.8. The highest BCUT2D eigenvalue weighted by molar-refractivity contribution is 7.03. The Morgan fingerprint density at radius 2 is 1.00 bits per heavy atom. The van der Waals surface area contributed by atoms with Gasteiger partial charge < -0.3 is 0 Å². The fourth-order valence-electron chi connectivity index (χ4n) is 2.26. The largest absolute Gasteiger partial charge is 0.143 e. The number of nitrogens with zero attached hydrogens (tertiary/aromatic N) is 4. The molecule has 0 radical (unpaired) electrons. The molecule has 2 heterocycles. The molecule has 0 bridgehead atoms. The summed E-state index contributed by atoms with van der Waals surface area (Å²) in [7, 11) is 0. The summed E-state index contributed by atoms with van der Waals surface area (Å²) in [6.45, 7) is 0. The van der Waals surface area contributed by atoms with Gasteiger partial charge in [-0.1, -0.05) is 47.5 Å². The number of aromatic nitrogens is 4. The van der Waals surface area contributed by atoms with Crippen molar-refractivity contribution in [2.45, 2.75) is 64.2 Å². The molecule has 0 aromatic carbocycles. The van der Waals surface area contributed by atoms with E-state index in [9.17, 15) is 0 Å². The Hall–Kier alpha value is -0.880. The van der Waals surface area contributed by atoms with Gasteiger partial charge in [0.15, 0.2) is 0 Å². The van der Waals surface area contributed by atoms with Gasteiger partial charge in [0.05, 0.1) is 11.4 Å². The minimum absolute atomic E-state index is 1.10. The van der Waals surface area contributed by atoms with Crippen molar-refractivity contribution in [2.75, 3.05) is 0 Å². The Balaban J connectivity index is 1.33. The van der Waals surface area contributed by atoms with E-state index in [0.29, 0.717) is 0 Å². The van der Waals surface area contributed by atoms with Crippen LogP contribution in [0.4, 0.5) is 0 Å². The molecule has 0 fully saturated rings. The summed E-state index contributed by atoms with van der Waals surface area (Å²) in [6, 6.07) is 0. The van der Waals surface area contributed by atoms with Crippen LogP contribution in [-0.2, 0) is 12.8 Å². The fraction of sp³-hybridized carbons (Fsp3) is 0.714. The first kappa shape index (κ1) is 15.5. The first-order valence-electron chi connectivity index (χ1n) is 7.47. The van der Waals surface area contributed by atoms with E-state index in [-0.39, 0.29) is 0 Å². The average molecular weight is 310 g/mol. The van der Waals surface area contributed by atoms with Crippen molar-refractivity contribution in [3.63, 3.8) is 0 Å². The monoisotopic (exact) mass is 310 g/mol. The fourth-order valence-corrected chi connectivity index (χ4v) is 3.23. The number of rotatable bonds is 11. The second-order valence-electron chi connectivity index (χ2n) is 5.12. The molecule has 4 nitrogen and oxygen atoms in total. The van der Waals surface area contributed by atoms with Gasteiger partial charge in [-0.15, -0.1) is 10.2 Å². The summed E-state index contributed by atoms with van der Waals surface area (Å²) in [5, 5.41) is 12.2. The molecule has 0 saturated carbocycles. The molecule has 0 spiro atoms. The van der Waals surface area contributed by atoms with E-state index >= 15 is 0 Å². The molecule has 0 saturated heterocycles. The summed E-state index contributed by atoms with van der Waals surface area (Å²) >= 11 is 2.90. The van der Waals surface area contributed by atoms with Gasteiger partial charge in [-0.05, 0) is 48.7 Å². The van der Waals surface area contributed by atoms with Crippen LogP contribution in [0.5, 0.6) is 0 Å². The first-order valence-corrected chi connectivity index (χ1v) is 9.14. The molecule has 0 aliphatic carbocycles. The zero-order chi connectivity index (χ0) is 13.9. The van der Waals surface area contributed by atoms with E-state index in [1.807, 2.05) is 0 Å². The standard InChI is InChI=1S/C14H22N4S2/c1(3-5-7-9-13-11-19-17-15-13)2-4-6-8-10-14-12-20-18-16-14/h11-12H,1-10H2. The van der Waals surface area contributed by atoms with Gasteiger partial charge in [-0.2, -0.15) is 0 Å². The molecule has 0 unspecified atom stereocenters. The molecule has 0 aliphatic heterocycles. The van der Waals surface area contributed by atoms with Crippen molar-refractivity contribution in [3.05, 3.63) is 22.1 Å². The van der Waals surface area contributed by atoms with E-state index in [1.165, 1.54) is 74.4 Å². The van der Waals surface area contributed by atoms with E-state index in [2.05, 4.69) is 29.9 Å². The molecule has 0 aliphatic rings. The van der Waals surface area contributed by atoms with Crippen LogP contribution in [0.2, 0.25) is 0 Å². The van der Waals surface area contributed by atoms with Crippen molar-refractivity contribution in [1.29, 1.82) is 0 Å². The van der Waals surface area contributed by atoms with Crippen molar-refractivity contribution in [1.82, 2.24) is 19.2 Å². The third-order valence-corrected chi connectivity index (χ3v) is 4.53. The van der Waals surface area contributed by atoms with E-state index in [0.717, 1.165) is 24.2 Å². The van der Waals surface area contributed by atoms with E-state index < -0.39 is 0 Å². The molecule has 2 rings (SSSR count). The molecule has 0 amide bonds. The lowest BCUT2D eigenvalue weighted by Crippen LogP contribution is -1.88. The summed E-state index contributed by atoms with van der Waals surface area (Å²) in [5.74, 6) is 0. The predicted octanol–water partition coefficient (Wildman–Crippen LogP) is 4.30. The van der Waals surface area contributed by atoms with Gasteiger partial charge in [0.25, 0.3) is 0 Å². The van der Waals surface area contributed by atoms with Crippen LogP contribution >= 0.6 is 23.1 Å². The highest BCUT2D eigenvalue weighted by Gasteiger charge is 1.98. The van der Waals surface area contributed by atoms with Crippen LogP contribution in [0.1, 0.15) is 62.8 Å². The zero-order valence-corrected chi connectivity index (χ0v) is 13.5. The topological polar surface area (TPSA) is 51.6 Å². The van der Waals surface area contributed by atoms with Gasteiger partial charge in [0, 0.05) is 10.8 Å². The number of aryl methyl sites for hydroxylation is 2. The molecule has 0 N–H and O–H groups in total. The smallest absolute Gasteiger partial charge is 0.0755 e. The Kier molecular flexibility index (Phi) is 7.70. The zero-order valence-electron chi connectivity index (χ0n) is 11.8. The second kappa shape index (κ2) is 9.94. The Labute approximate surface area is 129 Å². The number of unbranched alkanes of at least 4 members (excludes halogenated alkanes) is 7.